The van der Waals surface area contributed by atoms with E-state index >= 15 is 0 Å². The highest BCUT2D eigenvalue weighted by Crippen LogP contribution is 2.37. The molecule has 0 aliphatic rings. The zero-order chi connectivity index (χ0) is 17.8. The summed E-state index contributed by atoms with van der Waals surface area (Å²) in [5.41, 5.74) is 4.02. The number of anilines is 1. The Labute approximate surface area is 146 Å². The van der Waals surface area contributed by atoms with Crippen LogP contribution in [0.2, 0.25) is 0 Å². The largest absolute Gasteiger partial charge is 0.493 e. The second-order valence-corrected chi connectivity index (χ2v) is 5.92. The number of hydrogen-bond acceptors (Lipinski definition) is 8. The summed E-state index contributed by atoms with van der Waals surface area (Å²) in [4.78, 5) is 15.1. The number of thiazole rings is 1. The first kappa shape index (κ1) is 16.7. The number of nitrogens with one attached hydrogen (secondary N) is 1. The third-order valence-electron chi connectivity index (χ3n) is 3.35. The maximum Gasteiger partial charge on any atom is 0.315 e. The predicted octanol–water partition coefficient (Wildman–Crippen LogP) is 3.67. The third kappa shape index (κ3) is 3.50. The van der Waals surface area contributed by atoms with Gasteiger partial charge in [0.05, 0.1) is 35.6 Å². The fourth-order valence-corrected chi connectivity index (χ4v) is 3.07. The van der Waals surface area contributed by atoms with Crippen LogP contribution in [0.3, 0.4) is 0 Å². The Hall–Kier alpha value is -3.20. The highest BCUT2D eigenvalue weighted by atomic mass is 32.1. The smallest absolute Gasteiger partial charge is 0.315 e. The Morgan fingerprint density at radius 3 is 2.76 bits per heavy atom. The van der Waals surface area contributed by atoms with Gasteiger partial charge >= 0.3 is 5.69 Å². The summed E-state index contributed by atoms with van der Waals surface area (Å²) in [5.74, 6) is 0.335. The molecule has 3 aromatic rings. The predicted molar refractivity (Wildman–Crippen MR) is 97.0 cm³/mol. The van der Waals surface area contributed by atoms with Gasteiger partial charge in [-0.15, -0.1) is 0 Å². The molecule has 9 heteroatoms. The van der Waals surface area contributed by atoms with Crippen LogP contribution in [0, 0.1) is 10.1 Å². The van der Waals surface area contributed by atoms with Gasteiger partial charge in [0, 0.05) is 11.6 Å². The SMILES string of the molecule is COc1cc(/C=N\Nc2nc3ccccc3s2)cc([N+](=O)[O-])c1OC. The molecule has 8 nitrogen and oxygen atoms in total. The molecule has 1 N–H and O–H groups in total. The Balaban J connectivity index is 1.85. The number of methoxy groups -OCH3 is 2. The van der Waals surface area contributed by atoms with Gasteiger partial charge in [-0.3, -0.25) is 15.5 Å². The fraction of sp³-hybridized carbons (Fsp3) is 0.125. The molecule has 1 heterocycles. The number of nitro benzene ring substituents is 1. The van der Waals surface area contributed by atoms with Gasteiger partial charge in [0.1, 0.15) is 0 Å². The van der Waals surface area contributed by atoms with Gasteiger partial charge in [-0.05, 0) is 18.2 Å². The van der Waals surface area contributed by atoms with Crippen LogP contribution in [0.25, 0.3) is 10.2 Å². The summed E-state index contributed by atoms with van der Waals surface area (Å²) in [6.07, 6.45) is 1.46. The van der Waals surface area contributed by atoms with Crippen LogP contribution in [0.5, 0.6) is 11.5 Å². The van der Waals surface area contributed by atoms with Gasteiger partial charge in [0.2, 0.25) is 10.9 Å². The first-order chi connectivity index (χ1) is 12.1. The van der Waals surface area contributed by atoms with E-state index in [0.717, 1.165) is 10.2 Å². The molecule has 0 saturated heterocycles. The molecule has 0 bridgehead atoms. The molecule has 2 aromatic carbocycles. The van der Waals surface area contributed by atoms with Gasteiger partial charge in [-0.25, -0.2) is 4.98 Å². The maximum absolute atomic E-state index is 11.2. The van der Waals surface area contributed by atoms with Gasteiger partial charge in [-0.2, -0.15) is 5.10 Å². The van der Waals surface area contributed by atoms with E-state index in [0.29, 0.717) is 10.7 Å². The molecule has 3 rings (SSSR count). The first-order valence-corrected chi connectivity index (χ1v) is 7.99. The minimum atomic E-state index is -0.528. The molecule has 0 saturated carbocycles. The molecule has 0 fully saturated rings. The summed E-state index contributed by atoms with van der Waals surface area (Å²) in [7, 11) is 2.77. The summed E-state index contributed by atoms with van der Waals surface area (Å²) in [5, 5.41) is 15.9. The molecule has 0 aliphatic heterocycles. The van der Waals surface area contributed by atoms with Crippen LogP contribution in [0.4, 0.5) is 10.8 Å². The van der Waals surface area contributed by atoms with Crippen molar-refractivity contribution >= 4 is 38.6 Å². The van der Waals surface area contributed by atoms with Crippen LogP contribution < -0.4 is 14.9 Å². The number of rotatable bonds is 6. The zero-order valence-corrected chi connectivity index (χ0v) is 14.2. The number of nitro groups is 1. The molecule has 0 amide bonds. The number of aromatic nitrogens is 1. The summed E-state index contributed by atoms with van der Waals surface area (Å²) >= 11 is 1.47. The Kier molecular flexibility index (Phi) is 4.75. The highest BCUT2D eigenvalue weighted by Gasteiger charge is 2.21. The lowest BCUT2D eigenvalue weighted by Crippen LogP contribution is -1.99. The molecular formula is C16H14N4O4S. The number of ether oxygens (including phenoxy) is 2. The molecular weight excluding hydrogens is 344 g/mol. The average Bonchev–Trinajstić information content (AvgIpc) is 3.03. The van der Waals surface area contributed by atoms with E-state index < -0.39 is 4.92 Å². The Bertz CT molecular complexity index is 921. The van der Waals surface area contributed by atoms with Crippen LogP contribution in [-0.4, -0.2) is 30.3 Å². The van der Waals surface area contributed by atoms with E-state index in [1.807, 2.05) is 24.3 Å². The van der Waals surface area contributed by atoms with Gasteiger partial charge < -0.3 is 9.47 Å². The quantitative estimate of drug-likeness (QED) is 0.410. The van der Waals surface area contributed by atoms with Crippen LogP contribution in [0.15, 0.2) is 41.5 Å². The Morgan fingerprint density at radius 2 is 2.08 bits per heavy atom. The van der Waals surface area contributed by atoms with Gasteiger partial charge in [0.25, 0.3) is 0 Å². The lowest BCUT2D eigenvalue weighted by atomic mass is 10.2. The van der Waals surface area contributed by atoms with Crippen molar-refractivity contribution in [1.29, 1.82) is 0 Å². The molecule has 0 radical (unpaired) electrons. The minimum absolute atomic E-state index is 0.0729. The van der Waals surface area contributed by atoms with Crippen molar-refractivity contribution in [2.24, 2.45) is 5.10 Å². The number of benzene rings is 2. The van der Waals surface area contributed by atoms with Crippen LogP contribution >= 0.6 is 11.3 Å². The number of hydrogen-bond donors (Lipinski definition) is 1. The van der Waals surface area contributed by atoms with Gasteiger partial charge in [-0.1, -0.05) is 23.5 Å². The highest BCUT2D eigenvalue weighted by molar-refractivity contribution is 7.22. The first-order valence-electron chi connectivity index (χ1n) is 7.17. The minimum Gasteiger partial charge on any atom is -0.493 e. The topological polar surface area (TPSA) is 98.9 Å². The van der Waals surface area contributed by atoms with E-state index in [4.69, 9.17) is 9.47 Å². The van der Waals surface area contributed by atoms with Crippen molar-refractivity contribution in [3.63, 3.8) is 0 Å². The fourth-order valence-electron chi connectivity index (χ4n) is 2.26. The molecule has 1 aromatic heterocycles. The van der Waals surface area contributed by atoms with E-state index in [9.17, 15) is 10.1 Å². The summed E-state index contributed by atoms with van der Waals surface area (Å²) in [6.45, 7) is 0. The van der Waals surface area contributed by atoms with Crippen LogP contribution in [0.1, 0.15) is 5.56 Å². The molecule has 0 aliphatic carbocycles. The standard InChI is InChI=1S/C16H14N4O4S/c1-23-13-8-10(7-12(20(21)22)15(13)24-2)9-17-19-16-18-11-5-3-4-6-14(11)25-16/h3-9H,1-2H3,(H,18,19)/b17-9-. The number of hydrazone groups is 1. The molecule has 0 spiro atoms. The number of fused-ring (bicyclic) bond motifs is 1. The normalized spacial score (nSPS) is 11.0. The van der Waals surface area contributed by atoms with Gasteiger partial charge in [0.15, 0.2) is 5.75 Å². The van der Waals surface area contributed by atoms with E-state index in [-0.39, 0.29) is 17.2 Å². The number of para-hydroxylation sites is 1. The maximum atomic E-state index is 11.2. The summed E-state index contributed by atoms with van der Waals surface area (Å²) < 4.78 is 11.2. The van der Waals surface area contributed by atoms with Crippen molar-refractivity contribution in [1.82, 2.24) is 4.98 Å². The second-order valence-electron chi connectivity index (χ2n) is 4.89. The summed E-state index contributed by atoms with van der Waals surface area (Å²) in [6, 6.07) is 10.7. The van der Waals surface area contributed by atoms with Crippen LogP contribution in [-0.2, 0) is 0 Å². The average molecular weight is 358 g/mol. The molecule has 25 heavy (non-hydrogen) atoms. The van der Waals surface area contributed by atoms with Crippen molar-refractivity contribution in [3.05, 3.63) is 52.1 Å². The molecule has 128 valence electrons. The Morgan fingerprint density at radius 1 is 1.28 bits per heavy atom. The van der Waals surface area contributed by atoms with Crippen molar-refractivity contribution in [2.45, 2.75) is 0 Å². The van der Waals surface area contributed by atoms with E-state index in [1.54, 1.807) is 6.07 Å². The van der Waals surface area contributed by atoms with Crippen molar-refractivity contribution < 1.29 is 14.4 Å². The van der Waals surface area contributed by atoms with E-state index in [1.165, 1.54) is 37.8 Å². The van der Waals surface area contributed by atoms with Crippen molar-refractivity contribution in [2.75, 3.05) is 19.6 Å². The second kappa shape index (κ2) is 7.14. The lowest BCUT2D eigenvalue weighted by Gasteiger charge is -2.08. The van der Waals surface area contributed by atoms with Crippen molar-refractivity contribution in [3.8, 4) is 11.5 Å². The van der Waals surface area contributed by atoms with E-state index in [2.05, 4.69) is 15.5 Å². The molecule has 0 atom stereocenters. The lowest BCUT2D eigenvalue weighted by molar-refractivity contribution is -0.385. The molecule has 0 unspecified atom stereocenters. The third-order valence-corrected chi connectivity index (χ3v) is 4.29. The monoisotopic (exact) mass is 358 g/mol. The zero-order valence-electron chi connectivity index (χ0n) is 13.4. The number of nitrogens with zero attached hydrogens (tertiary/aromatic N) is 3.